The van der Waals surface area contributed by atoms with Crippen LogP contribution in [0.15, 0.2) is 140 Å². The topological polar surface area (TPSA) is 58.6 Å². The zero-order chi connectivity index (χ0) is 30.1. The lowest BCUT2D eigenvalue weighted by atomic mass is 9.80. The van der Waals surface area contributed by atoms with Crippen molar-refractivity contribution in [2.75, 3.05) is 23.3 Å². The fourth-order valence-corrected chi connectivity index (χ4v) is 6.08. The molecule has 1 aliphatic rings. The number of carbonyl (C=O) groups is 2. The fraction of sp³-hybridized carbons (Fsp3) is 0.179. The Morgan fingerprint density at radius 2 is 1.30 bits per heavy atom. The highest BCUT2D eigenvalue weighted by atomic mass is 16.5. The molecule has 1 N–H and O–H groups in total. The molecule has 0 aromatic heterocycles. The second kappa shape index (κ2) is 13.9. The zero-order valence-corrected chi connectivity index (χ0v) is 24.6. The molecule has 0 spiro atoms. The third-order valence-corrected chi connectivity index (χ3v) is 8.39. The number of carbonyl (C=O) groups excluding carboxylic acids is 2. The van der Waals surface area contributed by atoms with Crippen molar-refractivity contribution in [2.24, 2.45) is 5.92 Å². The maximum absolute atomic E-state index is 13.4. The van der Waals surface area contributed by atoms with Crippen molar-refractivity contribution in [1.82, 2.24) is 0 Å². The van der Waals surface area contributed by atoms with Gasteiger partial charge in [-0.3, -0.25) is 9.59 Å². The molecule has 44 heavy (non-hydrogen) atoms. The van der Waals surface area contributed by atoms with Gasteiger partial charge in [0.2, 0.25) is 0 Å². The molecule has 1 fully saturated rings. The summed E-state index contributed by atoms with van der Waals surface area (Å²) in [6.45, 7) is 1.97. The molecule has 1 aliphatic heterocycles. The van der Waals surface area contributed by atoms with Crippen molar-refractivity contribution in [2.45, 2.75) is 25.4 Å². The van der Waals surface area contributed by atoms with Crippen LogP contribution in [0.4, 0.5) is 11.4 Å². The lowest BCUT2D eigenvalue weighted by molar-refractivity contribution is -0.148. The molecule has 5 nitrogen and oxygen atoms in total. The lowest BCUT2D eigenvalue weighted by Crippen LogP contribution is -2.37. The second-order valence-corrected chi connectivity index (χ2v) is 11.2. The third kappa shape index (κ3) is 6.90. The van der Waals surface area contributed by atoms with Crippen molar-refractivity contribution >= 4 is 23.3 Å². The van der Waals surface area contributed by atoms with Crippen LogP contribution in [0.1, 0.15) is 40.2 Å². The van der Waals surface area contributed by atoms with Gasteiger partial charge in [-0.05, 0) is 71.3 Å². The number of nitrogens with one attached hydrogen (secondary N) is 1. The van der Waals surface area contributed by atoms with Gasteiger partial charge < -0.3 is 15.0 Å². The molecular weight excluding hydrogens is 544 g/mol. The monoisotopic (exact) mass is 580 g/mol. The molecule has 5 aromatic carbocycles. The highest BCUT2D eigenvalue weighted by molar-refractivity contribution is 6.08. The molecule has 1 amide bonds. The predicted octanol–water partition coefficient (Wildman–Crippen LogP) is 8.35. The van der Waals surface area contributed by atoms with E-state index in [4.69, 9.17) is 4.74 Å². The van der Waals surface area contributed by atoms with Gasteiger partial charge in [0.1, 0.15) is 6.61 Å². The molecule has 6 rings (SSSR count). The normalized spacial score (nSPS) is 14.0. The Hall–Kier alpha value is -5.16. The molecule has 1 saturated heterocycles. The summed E-state index contributed by atoms with van der Waals surface area (Å²) in [4.78, 5) is 29.0. The molecule has 1 atom stereocenters. The van der Waals surface area contributed by atoms with Gasteiger partial charge >= 0.3 is 5.97 Å². The molecule has 0 saturated carbocycles. The smallest absolute Gasteiger partial charge is 0.314 e. The molecule has 1 unspecified atom stereocenters. The average molecular weight is 581 g/mol. The summed E-state index contributed by atoms with van der Waals surface area (Å²) < 4.78 is 5.83. The maximum atomic E-state index is 13.4. The minimum Gasteiger partial charge on any atom is -0.460 e. The van der Waals surface area contributed by atoms with E-state index in [0.717, 1.165) is 59.6 Å². The number of amides is 1. The van der Waals surface area contributed by atoms with Crippen LogP contribution < -0.4 is 10.2 Å². The summed E-state index contributed by atoms with van der Waals surface area (Å²) >= 11 is 0. The number of esters is 1. The molecular formula is C39H36N2O3. The van der Waals surface area contributed by atoms with Crippen molar-refractivity contribution in [3.05, 3.63) is 156 Å². The first kappa shape index (κ1) is 28.9. The minimum atomic E-state index is -0.293. The first-order valence-electron chi connectivity index (χ1n) is 15.2. The van der Waals surface area contributed by atoms with E-state index >= 15 is 0 Å². The molecule has 220 valence electrons. The maximum Gasteiger partial charge on any atom is 0.314 e. The number of nitrogens with zero attached hydrogens (tertiary/aromatic N) is 1. The molecule has 5 aromatic rings. The van der Waals surface area contributed by atoms with E-state index < -0.39 is 0 Å². The van der Waals surface area contributed by atoms with E-state index in [2.05, 4.69) is 22.3 Å². The van der Waals surface area contributed by atoms with Crippen molar-refractivity contribution in [3.63, 3.8) is 0 Å². The fourth-order valence-electron chi connectivity index (χ4n) is 6.08. The van der Waals surface area contributed by atoms with Crippen LogP contribution in [0.5, 0.6) is 0 Å². The highest BCUT2D eigenvalue weighted by Crippen LogP contribution is 2.36. The van der Waals surface area contributed by atoms with Crippen LogP contribution in [-0.4, -0.2) is 25.0 Å². The summed E-state index contributed by atoms with van der Waals surface area (Å²) in [5.74, 6) is -0.393. The van der Waals surface area contributed by atoms with Gasteiger partial charge in [0.05, 0.1) is 5.92 Å². The minimum absolute atomic E-state index is 0.135. The van der Waals surface area contributed by atoms with Gasteiger partial charge in [-0.25, -0.2) is 0 Å². The summed E-state index contributed by atoms with van der Waals surface area (Å²) in [5.41, 5.74) is 6.41. The van der Waals surface area contributed by atoms with Gasteiger partial charge in [0.25, 0.3) is 5.91 Å². The Kier molecular flexibility index (Phi) is 9.12. The number of rotatable bonds is 9. The Balaban J connectivity index is 1.09. The van der Waals surface area contributed by atoms with Crippen LogP contribution in [0, 0.1) is 5.92 Å². The van der Waals surface area contributed by atoms with E-state index in [0.29, 0.717) is 5.56 Å². The molecule has 0 bridgehead atoms. The first-order chi connectivity index (χ1) is 21.7. The molecule has 0 radical (unpaired) electrons. The van der Waals surface area contributed by atoms with Gasteiger partial charge in [-0.1, -0.05) is 109 Å². The van der Waals surface area contributed by atoms with Crippen LogP contribution in [0.2, 0.25) is 0 Å². The Bertz CT molecular complexity index is 1660. The lowest BCUT2D eigenvalue weighted by Gasteiger charge is -2.36. The van der Waals surface area contributed by atoms with Crippen molar-refractivity contribution in [3.8, 4) is 11.1 Å². The van der Waals surface area contributed by atoms with E-state index in [1.54, 1.807) is 0 Å². The number of piperidine rings is 1. The number of anilines is 2. The zero-order valence-electron chi connectivity index (χ0n) is 24.6. The highest BCUT2D eigenvalue weighted by Gasteiger charge is 2.34. The van der Waals surface area contributed by atoms with Crippen LogP contribution >= 0.6 is 0 Å². The Morgan fingerprint density at radius 3 is 1.98 bits per heavy atom. The number of hydrogen-bond donors (Lipinski definition) is 1. The predicted molar refractivity (Wildman–Crippen MR) is 177 cm³/mol. The quantitative estimate of drug-likeness (QED) is 0.178. The molecule has 5 heteroatoms. The molecule has 1 heterocycles. The van der Waals surface area contributed by atoms with Gasteiger partial charge in [0, 0.05) is 30.0 Å². The summed E-state index contributed by atoms with van der Waals surface area (Å²) in [6.07, 6.45) is 1.77. The summed E-state index contributed by atoms with van der Waals surface area (Å²) in [5, 5.41) is 3.07. The van der Waals surface area contributed by atoms with Gasteiger partial charge in [-0.2, -0.15) is 0 Å². The van der Waals surface area contributed by atoms with Crippen molar-refractivity contribution in [1.29, 1.82) is 0 Å². The Morgan fingerprint density at radius 1 is 0.705 bits per heavy atom. The van der Waals surface area contributed by atoms with E-state index in [-0.39, 0.29) is 30.3 Å². The Labute approximate surface area is 259 Å². The number of hydrogen-bond acceptors (Lipinski definition) is 4. The van der Waals surface area contributed by atoms with Gasteiger partial charge in [0.15, 0.2) is 0 Å². The first-order valence-corrected chi connectivity index (χ1v) is 15.2. The van der Waals surface area contributed by atoms with E-state index in [9.17, 15) is 9.59 Å². The average Bonchev–Trinajstić information content (AvgIpc) is 3.09. The molecule has 0 aliphatic carbocycles. The van der Waals surface area contributed by atoms with E-state index in [1.807, 2.05) is 127 Å². The number of benzene rings is 5. The standard InChI is InChI=1S/C39H36N2O3/c42-38(36-19-11-10-18-35(36)30-14-6-2-7-15-30)40-33-20-22-34(23-21-33)41-26-24-32(25-27-41)37(31-16-8-3-9-17-31)39(43)44-28-29-12-4-1-5-13-29/h1-23,32,37H,24-28H2,(H,40,42). The number of ether oxygens (including phenoxy) is 1. The van der Waals surface area contributed by atoms with Crippen molar-refractivity contribution < 1.29 is 14.3 Å². The third-order valence-electron chi connectivity index (χ3n) is 8.39. The summed E-state index contributed by atoms with van der Waals surface area (Å²) in [6, 6.07) is 45.5. The van der Waals surface area contributed by atoms with E-state index in [1.165, 1.54) is 0 Å². The van der Waals surface area contributed by atoms with Gasteiger partial charge in [-0.15, -0.1) is 0 Å². The van der Waals surface area contributed by atoms with Crippen LogP contribution in [0.3, 0.4) is 0 Å². The largest absolute Gasteiger partial charge is 0.460 e. The second-order valence-electron chi connectivity index (χ2n) is 11.2. The SMILES string of the molecule is O=C(Nc1ccc(N2CCC(C(C(=O)OCc3ccccc3)c3ccccc3)CC2)cc1)c1ccccc1-c1ccccc1. The summed E-state index contributed by atoms with van der Waals surface area (Å²) in [7, 11) is 0. The van der Waals surface area contributed by atoms with Crippen LogP contribution in [-0.2, 0) is 16.1 Å². The van der Waals surface area contributed by atoms with Crippen LogP contribution in [0.25, 0.3) is 11.1 Å².